The zero-order valence-corrected chi connectivity index (χ0v) is 35.9. The second-order valence-electron chi connectivity index (χ2n) is 14.9. The molecule has 2 aromatic carbocycles. The molecule has 5 rings (SSSR count). The van der Waals surface area contributed by atoms with Gasteiger partial charge in [0.1, 0.15) is 40.7 Å². The lowest BCUT2D eigenvalue weighted by molar-refractivity contribution is -0.162. The maximum atomic E-state index is 14.2. The molecular weight excluding hydrogens is 794 g/mol. The van der Waals surface area contributed by atoms with Crippen LogP contribution in [0.15, 0.2) is 71.2 Å². The zero-order valence-electron chi connectivity index (χ0n) is 33.5. The Bertz CT molecular complexity index is 1870. The number of hydrogen-bond acceptors (Lipinski definition) is 12. The van der Waals surface area contributed by atoms with Crippen molar-refractivity contribution in [2.45, 2.75) is 100 Å². The minimum Gasteiger partial charge on any atom is -0.495 e. The molecule has 3 aliphatic heterocycles. The molecule has 3 amide bonds. The van der Waals surface area contributed by atoms with Gasteiger partial charge in [-0.15, -0.1) is 0 Å². The average Bonchev–Trinajstić information content (AvgIpc) is 3.88. The van der Waals surface area contributed by atoms with Gasteiger partial charge in [-0.1, -0.05) is 82.1 Å². The van der Waals surface area contributed by atoms with Gasteiger partial charge in [0, 0.05) is 50.6 Å². The number of fused-ring (bicyclic) bond motifs is 5. The number of halogens is 1. The van der Waals surface area contributed by atoms with E-state index in [1.54, 1.807) is 80.7 Å². The van der Waals surface area contributed by atoms with Crippen LogP contribution in [0.4, 0.5) is 10.5 Å². The number of nitrogens with one attached hydrogen (secondary N) is 1. The van der Waals surface area contributed by atoms with Gasteiger partial charge in [-0.3, -0.25) is 14.9 Å². The predicted octanol–water partition coefficient (Wildman–Crippen LogP) is 6.35. The summed E-state index contributed by atoms with van der Waals surface area (Å²) in [4.78, 5) is 58.0. The van der Waals surface area contributed by atoms with Crippen molar-refractivity contribution in [1.29, 1.82) is 0 Å². The summed E-state index contributed by atoms with van der Waals surface area (Å²) < 4.78 is 29.3. The molecule has 3 heterocycles. The number of ether oxygens (including phenoxy) is 5. The fraction of sp³-hybridized carbons (Fsp3) is 0.512. The number of alkyl carbamates (subject to hydrolysis) is 1. The number of aliphatic hydroxyl groups is 1. The van der Waals surface area contributed by atoms with E-state index in [0.717, 1.165) is 16.0 Å². The van der Waals surface area contributed by atoms with Crippen molar-refractivity contribution in [2.75, 3.05) is 39.0 Å². The molecule has 13 nitrogen and oxygen atoms in total. The van der Waals surface area contributed by atoms with Crippen molar-refractivity contribution >= 4 is 62.8 Å². The van der Waals surface area contributed by atoms with Crippen LogP contribution in [0, 0.1) is 5.92 Å². The highest BCUT2D eigenvalue weighted by Gasteiger charge is 2.64. The van der Waals surface area contributed by atoms with E-state index in [9.17, 15) is 24.3 Å². The van der Waals surface area contributed by atoms with E-state index in [1.165, 1.54) is 24.0 Å². The van der Waals surface area contributed by atoms with E-state index < -0.39 is 65.7 Å². The van der Waals surface area contributed by atoms with Gasteiger partial charge in [0.15, 0.2) is 5.72 Å². The molecule has 0 spiro atoms. The first-order valence-electron chi connectivity index (χ1n) is 18.7. The maximum Gasteiger partial charge on any atom is 0.409 e. The molecule has 0 unspecified atom stereocenters. The van der Waals surface area contributed by atoms with Crippen molar-refractivity contribution < 1.29 is 48.0 Å². The first kappa shape index (κ1) is 44.4. The SMILES string of the molecule is COc1cc2cc(c1Cl)N(C)C(=O)C[C@H](OC(=O)[C@@H](C)N(C)C(=O)CCSSc1ccccc1)[C@]1(C)O[C@H]1[C@H](C)[C@@H]1C[C@@](O)(NC(=O)O1)[C@H](OC)/C=C/C=C(\C)C2. The summed E-state index contributed by atoms with van der Waals surface area (Å²) in [5.74, 6) is -1.02. The molecule has 0 saturated carbocycles. The maximum absolute atomic E-state index is 14.2. The van der Waals surface area contributed by atoms with Crippen LogP contribution in [-0.2, 0) is 39.8 Å². The quantitative estimate of drug-likeness (QED) is 0.119. The summed E-state index contributed by atoms with van der Waals surface area (Å²) in [7, 11) is 9.17. The van der Waals surface area contributed by atoms with Crippen LogP contribution in [0.1, 0.15) is 52.5 Å². The minimum absolute atomic E-state index is 0.0519. The molecule has 2 N–H and O–H groups in total. The normalized spacial score (nSPS) is 29.8. The molecule has 4 bridgehead atoms. The Morgan fingerprint density at radius 1 is 1.19 bits per heavy atom. The fourth-order valence-electron chi connectivity index (χ4n) is 7.11. The van der Waals surface area contributed by atoms with Crippen molar-refractivity contribution in [3.05, 3.63) is 76.9 Å². The number of likely N-dealkylation sites (N-methyl/N-ethyl adjacent to an activating group) is 1. The number of benzene rings is 2. The highest BCUT2D eigenvalue weighted by atomic mass is 35.5. The number of epoxide rings is 1. The summed E-state index contributed by atoms with van der Waals surface area (Å²) >= 11 is 6.78. The van der Waals surface area contributed by atoms with Gasteiger partial charge in [0.05, 0.1) is 25.3 Å². The van der Waals surface area contributed by atoms with Gasteiger partial charge in [-0.25, -0.2) is 9.59 Å². The Kier molecular flexibility index (Phi) is 14.7. The Labute approximate surface area is 347 Å². The van der Waals surface area contributed by atoms with Crippen LogP contribution in [-0.4, -0.2) is 110 Å². The number of rotatable bonds is 10. The van der Waals surface area contributed by atoms with Crippen LogP contribution in [0.3, 0.4) is 0 Å². The zero-order chi connectivity index (χ0) is 41.7. The topological polar surface area (TPSA) is 156 Å². The Morgan fingerprint density at radius 3 is 2.60 bits per heavy atom. The van der Waals surface area contributed by atoms with E-state index in [2.05, 4.69) is 5.32 Å². The third-order valence-corrected chi connectivity index (χ3v) is 13.6. The monoisotopic (exact) mass is 845 g/mol. The number of esters is 1. The van der Waals surface area contributed by atoms with Gasteiger partial charge < -0.3 is 38.6 Å². The molecule has 2 fully saturated rings. The number of allylic oxidation sites excluding steroid dienone is 3. The number of amides is 3. The summed E-state index contributed by atoms with van der Waals surface area (Å²) in [5, 5.41) is 14.5. The highest BCUT2D eigenvalue weighted by molar-refractivity contribution is 8.76. The van der Waals surface area contributed by atoms with Crippen LogP contribution < -0.4 is 15.0 Å². The van der Waals surface area contributed by atoms with Gasteiger partial charge in [0.25, 0.3) is 0 Å². The molecule has 16 heteroatoms. The standard InChI is InChI=1S/C41H52ClN3O10S2/c1-24-13-12-16-32(52-8)41(50)23-31(53-39(49)43-41)25(2)37-40(4,55-37)33(22-35(47)45(6)29-20-27(19-24)21-30(51-7)36(29)42)54-38(48)26(3)44(5)34(46)17-18-56-57-28-14-10-9-11-15-28/h9-16,20-21,25-26,31-33,37,50H,17-19,22-23H2,1-8H3,(H,43,49)/b16-12+,24-13+/t25-,26-,31+,32-,33+,37+,40+,41+/m1/s1. The number of methoxy groups -OCH3 is 2. The van der Waals surface area contributed by atoms with E-state index in [1.807, 2.05) is 43.3 Å². The number of nitrogens with zero attached hydrogens (tertiary/aromatic N) is 2. The summed E-state index contributed by atoms with van der Waals surface area (Å²) in [6.45, 7) is 7.03. The van der Waals surface area contributed by atoms with Crippen molar-refractivity contribution in [2.24, 2.45) is 5.92 Å². The van der Waals surface area contributed by atoms with Crippen molar-refractivity contribution in [1.82, 2.24) is 10.2 Å². The van der Waals surface area contributed by atoms with E-state index >= 15 is 0 Å². The van der Waals surface area contributed by atoms with Crippen LogP contribution in [0.2, 0.25) is 5.02 Å². The first-order chi connectivity index (χ1) is 27.0. The van der Waals surface area contributed by atoms with Crippen LogP contribution in [0.5, 0.6) is 5.75 Å². The average molecular weight is 846 g/mol. The molecule has 3 aliphatic rings. The second kappa shape index (κ2) is 18.9. The van der Waals surface area contributed by atoms with Crippen molar-refractivity contribution in [3.63, 3.8) is 0 Å². The summed E-state index contributed by atoms with van der Waals surface area (Å²) in [6, 6.07) is 12.4. The third kappa shape index (κ3) is 10.5. The molecule has 2 saturated heterocycles. The lowest BCUT2D eigenvalue weighted by atomic mass is 9.83. The number of anilines is 1. The number of carbonyl (C=O) groups excluding carboxylic acids is 4. The summed E-state index contributed by atoms with van der Waals surface area (Å²) in [5.41, 5.74) is -0.922. The summed E-state index contributed by atoms with van der Waals surface area (Å²) in [6.07, 6.45) is 1.13. The Hall–Kier alpha value is -3.73. The first-order valence-corrected chi connectivity index (χ1v) is 21.4. The smallest absolute Gasteiger partial charge is 0.409 e. The molecule has 0 aromatic heterocycles. The molecule has 0 radical (unpaired) electrons. The minimum atomic E-state index is -1.83. The number of carbonyl (C=O) groups is 4. The molecule has 0 aliphatic carbocycles. The highest BCUT2D eigenvalue weighted by Crippen LogP contribution is 2.49. The van der Waals surface area contributed by atoms with Crippen LogP contribution >= 0.6 is 33.2 Å². The largest absolute Gasteiger partial charge is 0.495 e. The van der Waals surface area contributed by atoms with Gasteiger partial charge in [0.2, 0.25) is 11.8 Å². The molecule has 2 aromatic rings. The van der Waals surface area contributed by atoms with E-state index in [0.29, 0.717) is 23.6 Å². The Morgan fingerprint density at radius 2 is 1.91 bits per heavy atom. The molecule has 8 atom stereocenters. The molecule has 310 valence electrons. The van der Waals surface area contributed by atoms with E-state index in [4.69, 9.17) is 35.3 Å². The predicted molar refractivity (Wildman–Crippen MR) is 220 cm³/mol. The van der Waals surface area contributed by atoms with Gasteiger partial charge in [-0.2, -0.15) is 0 Å². The second-order valence-corrected chi connectivity index (χ2v) is 17.7. The number of hydrogen-bond donors (Lipinski definition) is 2. The molecule has 57 heavy (non-hydrogen) atoms. The lowest BCUT2D eigenvalue weighted by Gasteiger charge is -2.42. The van der Waals surface area contributed by atoms with E-state index in [-0.39, 0.29) is 30.2 Å². The molecular formula is C41H52ClN3O10S2. The van der Waals surface area contributed by atoms with Gasteiger partial charge in [-0.05, 0) is 57.0 Å². The van der Waals surface area contributed by atoms with Crippen LogP contribution in [0.25, 0.3) is 0 Å². The lowest BCUT2D eigenvalue weighted by Crippen LogP contribution is -2.63. The van der Waals surface area contributed by atoms with Gasteiger partial charge >= 0.3 is 12.1 Å². The van der Waals surface area contributed by atoms with Crippen molar-refractivity contribution in [3.8, 4) is 5.75 Å². The Balaban J connectivity index is 1.43. The third-order valence-electron chi connectivity index (χ3n) is 10.8. The fourth-order valence-corrected chi connectivity index (χ4v) is 9.41.